The van der Waals surface area contributed by atoms with Crippen molar-refractivity contribution in [1.29, 1.82) is 0 Å². The molecule has 6 rings (SSSR count). The number of nitrogens with zero attached hydrogens (tertiary/aromatic N) is 4. The number of primary amides is 3. The van der Waals surface area contributed by atoms with Gasteiger partial charge in [-0.25, -0.2) is 14.8 Å². The fourth-order valence-electron chi connectivity index (χ4n) is 12.3. The van der Waals surface area contributed by atoms with Crippen molar-refractivity contribution in [3.63, 3.8) is 0 Å². The highest BCUT2D eigenvalue weighted by Gasteiger charge is 2.44. The number of benzene rings is 1. The fraction of sp³-hybridized carbons (Fsp3) is 0.552. The van der Waals surface area contributed by atoms with E-state index in [1.54, 1.807) is 58.2 Å². The fourth-order valence-corrected chi connectivity index (χ4v) is 12.3. The molecule has 1 aromatic carbocycles. The number of likely N-dealkylation sites (tertiary alicyclic amines) is 2. The number of nitrogens with one attached hydrogen (secondary N) is 12. The van der Waals surface area contributed by atoms with Gasteiger partial charge in [0.1, 0.15) is 72.5 Å². The number of carboxylic acids is 2. The maximum absolute atomic E-state index is 15.0. The predicted octanol–water partition coefficient (Wildman–Crippen LogP) is -5.25. The van der Waals surface area contributed by atoms with Crippen LogP contribution in [0.25, 0.3) is 10.9 Å². The SMILES string of the molecule is CC[C@H](C)[C@H](NC(=O)[C@H](Cc1c[nH]c2ccccc12)NC(=O)[C@H](CCC(=O)O)NC(=O)[C@H](CC(N)=O)NC(=O)[C@@H](N)CO)C(=O)N[C@@H](CCC(N)=O)C(=O)N1CCC[C@H]1C(=O)N[C@@H](Cc1cnc[nH]1)C(=O)N[C@@H](CC(C)C)C(=O)N1CCC[C@H]1C(=O)N[C@@H](CCC(N)=O)C(=O)N[C@@H](Cc1cnc[nH]1)C(=O)O. The number of hydrogen-bond acceptors (Lipinski definition) is 20. The predicted molar refractivity (Wildman–Crippen MR) is 373 cm³/mol. The minimum absolute atomic E-state index is 0.0120. The number of aromatic nitrogens is 5. The summed E-state index contributed by atoms with van der Waals surface area (Å²) in [5.74, 6) is -17.1. The van der Waals surface area contributed by atoms with Crippen LogP contribution < -0.4 is 70.8 Å². The largest absolute Gasteiger partial charge is 0.481 e. The van der Waals surface area contributed by atoms with E-state index in [1.165, 1.54) is 29.9 Å². The number of hydrogen-bond donors (Lipinski definition) is 19. The number of para-hydroxylation sites is 1. The van der Waals surface area contributed by atoms with Crippen molar-refractivity contribution in [3.8, 4) is 0 Å². The molecule has 0 radical (unpaired) electrons. The standard InChI is InChI=1S/C67H96N20O19/c1-5-34(4)55(85-61(99)44(23-35-27-74-40-11-7-6-10-38(35)40)81-57(95)42(16-19-54(92)93)77-60(98)46(26-53(71)91)80-56(94)39(68)30-88)64(102)79-43(15-18-52(70)90)65(103)86-20-8-13-50(86)63(101)82-45(24-36-28-72-31-75-36)59(97)83-47(22-33(2)3)66(104)87-21-9-12-49(87)62(100)78-41(14-17-51(69)89)58(96)84-48(67(105)106)25-37-29-73-32-76-37/h6-7,10-11,27-29,31-34,39,41-50,55,74,88H,5,8-9,12-26,30,68H2,1-4H3,(H2,69,89)(H2,70,90)(H2,71,91)(H,72,75)(H,73,76)(H,77,98)(H,78,100)(H,79,102)(H,80,94)(H,81,95)(H,82,101)(H,83,97)(H,84,96)(H,85,99)(H,92,93)(H,105,106)/t34-,39-,41-,42-,43-,44-,45-,46-,47-,48-,49-,50-,55-/m0/s1. The summed E-state index contributed by atoms with van der Waals surface area (Å²) in [6.07, 6.45) is 3.24. The number of rotatable bonds is 43. The van der Waals surface area contributed by atoms with E-state index < -0.39 is 218 Å². The zero-order valence-corrected chi connectivity index (χ0v) is 59.2. The first-order valence-corrected chi connectivity index (χ1v) is 34.8. The number of imidazole rings is 2. The molecule has 578 valence electrons. The van der Waals surface area contributed by atoms with Crippen LogP contribution in [0.1, 0.15) is 128 Å². The van der Waals surface area contributed by atoms with E-state index in [0.717, 1.165) is 4.90 Å². The Labute approximate surface area is 607 Å². The number of nitrogens with two attached hydrogens (primary N) is 4. The first-order chi connectivity index (χ1) is 50.3. The van der Waals surface area contributed by atoms with E-state index in [0.29, 0.717) is 34.3 Å². The van der Waals surface area contributed by atoms with E-state index in [2.05, 4.69) is 72.8 Å². The molecule has 0 bridgehead atoms. The maximum atomic E-state index is 15.0. The summed E-state index contributed by atoms with van der Waals surface area (Å²) in [4.78, 5) is 237. The number of fused-ring (bicyclic) bond motifs is 1. The highest BCUT2D eigenvalue weighted by atomic mass is 16.4. The summed E-state index contributed by atoms with van der Waals surface area (Å²) >= 11 is 0. The van der Waals surface area contributed by atoms with Crippen molar-refractivity contribution in [1.82, 2.24) is 82.6 Å². The molecule has 39 heteroatoms. The van der Waals surface area contributed by atoms with Crippen LogP contribution in [-0.2, 0) is 96.0 Å². The van der Waals surface area contributed by atoms with E-state index in [-0.39, 0.29) is 76.8 Å². The first-order valence-electron chi connectivity index (χ1n) is 34.8. The molecule has 0 aliphatic carbocycles. The Morgan fingerprint density at radius 2 is 1.00 bits per heavy atom. The lowest BCUT2D eigenvalue weighted by Crippen LogP contribution is -2.61. The van der Waals surface area contributed by atoms with Crippen molar-refractivity contribution in [2.75, 3.05) is 19.7 Å². The van der Waals surface area contributed by atoms with Crippen molar-refractivity contribution >= 4 is 106 Å². The summed E-state index contributed by atoms with van der Waals surface area (Å²) in [6.45, 7) is 5.91. The molecule has 3 aromatic heterocycles. The topological polar surface area (TPSA) is 626 Å². The van der Waals surface area contributed by atoms with E-state index in [4.69, 9.17) is 22.9 Å². The number of aliphatic carboxylic acids is 2. The van der Waals surface area contributed by atoms with Gasteiger partial charge in [0.25, 0.3) is 0 Å². The average Bonchev–Trinajstić information content (AvgIpc) is 1.79. The third-order valence-electron chi connectivity index (χ3n) is 18.2. The number of carboxylic acid groups (broad SMARTS) is 2. The third-order valence-corrected chi connectivity index (χ3v) is 18.2. The zero-order valence-electron chi connectivity index (χ0n) is 59.2. The van der Waals surface area contributed by atoms with Crippen LogP contribution in [0.4, 0.5) is 0 Å². The Balaban J connectivity index is 1.22. The Kier molecular flexibility index (Phi) is 31.6. The zero-order chi connectivity index (χ0) is 78.1. The van der Waals surface area contributed by atoms with Gasteiger partial charge >= 0.3 is 11.9 Å². The Morgan fingerprint density at radius 3 is 1.53 bits per heavy atom. The Morgan fingerprint density at radius 1 is 0.538 bits per heavy atom. The van der Waals surface area contributed by atoms with Gasteiger partial charge in [-0.2, -0.15) is 0 Å². The molecule has 2 aliphatic rings. The lowest BCUT2D eigenvalue weighted by Gasteiger charge is -2.32. The number of aromatic amines is 3. The minimum atomic E-state index is -1.78. The van der Waals surface area contributed by atoms with Crippen molar-refractivity contribution in [2.24, 2.45) is 34.8 Å². The van der Waals surface area contributed by atoms with E-state index >= 15 is 0 Å². The molecule has 5 heterocycles. The lowest BCUT2D eigenvalue weighted by molar-refractivity contribution is -0.144. The molecule has 2 fully saturated rings. The van der Waals surface area contributed by atoms with Crippen LogP contribution in [0, 0.1) is 11.8 Å². The second-order valence-electron chi connectivity index (χ2n) is 26.7. The Hall–Kier alpha value is -11.4. The molecule has 0 unspecified atom stereocenters. The van der Waals surface area contributed by atoms with Crippen LogP contribution in [0.2, 0.25) is 0 Å². The summed E-state index contributed by atoms with van der Waals surface area (Å²) in [6, 6.07) is -11.3. The first kappa shape index (κ1) is 83.6. The number of H-pyrrole nitrogens is 3. The smallest absolute Gasteiger partial charge is 0.326 e. The highest BCUT2D eigenvalue weighted by Crippen LogP contribution is 2.25. The monoisotopic (exact) mass is 1480 g/mol. The van der Waals surface area contributed by atoms with E-state index in [9.17, 15) is 92.0 Å². The van der Waals surface area contributed by atoms with Gasteiger partial charge in [-0.3, -0.25) is 71.9 Å². The normalized spacial score (nSPS) is 17.3. The second kappa shape index (κ2) is 40.0. The molecule has 2 saturated heterocycles. The summed E-state index contributed by atoms with van der Waals surface area (Å²) in [7, 11) is 0. The molecule has 13 atom stereocenters. The van der Waals surface area contributed by atoms with Gasteiger partial charge in [-0.15, -0.1) is 0 Å². The van der Waals surface area contributed by atoms with Gasteiger partial charge in [-0.1, -0.05) is 52.3 Å². The highest BCUT2D eigenvalue weighted by molar-refractivity contribution is 6.01. The van der Waals surface area contributed by atoms with Crippen LogP contribution >= 0.6 is 0 Å². The molecule has 0 spiro atoms. The van der Waals surface area contributed by atoms with Gasteiger partial charge in [0, 0.05) is 92.5 Å². The van der Waals surface area contributed by atoms with Crippen LogP contribution in [-0.4, -0.2) is 237 Å². The molecule has 14 amide bonds. The summed E-state index contributed by atoms with van der Waals surface area (Å²) < 4.78 is 0. The number of carbonyl (C=O) groups excluding carboxylic acids is 14. The van der Waals surface area contributed by atoms with Crippen molar-refractivity contribution < 1.29 is 92.0 Å². The quantitative estimate of drug-likeness (QED) is 0.0197. The van der Waals surface area contributed by atoms with Gasteiger partial charge in [0.15, 0.2) is 0 Å². The number of amides is 14. The molecule has 0 saturated carbocycles. The van der Waals surface area contributed by atoms with Gasteiger partial charge in [0.05, 0.1) is 25.7 Å². The molecule has 106 heavy (non-hydrogen) atoms. The summed E-state index contributed by atoms with van der Waals surface area (Å²) in [5.41, 5.74) is 23.8. The number of aliphatic hydroxyl groups excluding tert-OH is 1. The van der Waals surface area contributed by atoms with Crippen LogP contribution in [0.15, 0.2) is 55.5 Å². The second-order valence-corrected chi connectivity index (χ2v) is 26.7. The minimum Gasteiger partial charge on any atom is -0.481 e. The molecule has 4 aromatic rings. The van der Waals surface area contributed by atoms with Crippen molar-refractivity contribution in [2.45, 2.75) is 203 Å². The van der Waals surface area contributed by atoms with Crippen LogP contribution in [0.5, 0.6) is 0 Å². The van der Waals surface area contributed by atoms with E-state index in [1.807, 2.05) is 0 Å². The van der Waals surface area contributed by atoms with Gasteiger partial charge in [-0.05, 0) is 74.8 Å². The Bertz CT molecular complexity index is 3790. The molecule has 23 N–H and O–H groups in total. The number of aliphatic hydroxyl groups is 1. The van der Waals surface area contributed by atoms with Crippen molar-refractivity contribution in [3.05, 3.63) is 72.5 Å². The molecular formula is C67H96N20O19. The summed E-state index contributed by atoms with van der Waals surface area (Å²) in [5, 5.41) is 52.4. The van der Waals surface area contributed by atoms with Crippen LogP contribution in [0.3, 0.4) is 0 Å². The molecular weight excluding hydrogens is 1390 g/mol. The average molecular weight is 1490 g/mol. The van der Waals surface area contributed by atoms with Gasteiger partial charge in [0.2, 0.25) is 82.7 Å². The third kappa shape index (κ3) is 24.6. The number of carbonyl (C=O) groups is 16. The van der Waals surface area contributed by atoms with Gasteiger partial charge < -0.3 is 111 Å². The molecule has 2 aliphatic heterocycles. The lowest BCUT2D eigenvalue weighted by atomic mass is 9.96. The maximum Gasteiger partial charge on any atom is 0.326 e. The molecule has 39 nitrogen and oxygen atoms in total.